The lowest BCUT2D eigenvalue weighted by atomic mass is 10.4. The Morgan fingerprint density at radius 2 is 1.96 bits per heavy atom. The van der Waals surface area contributed by atoms with Crippen molar-refractivity contribution < 1.29 is 13.2 Å². The van der Waals surface area contributed by atoms with Crippen LogP contribution in [0.1, 0.15) is 10.7 Å². The summed E-state index contributed by atoms with van der Waals surface area (Å²) in [5, 5.41) is 7.46. The number of aliphatic imine (C=N–C) groups is 1. The van der Waals surface area contributed by atoms with Crippen molar-refractivity contribution >= 4 is 53.0 Å². The Morgan fingerprint density at radius 3 is 2.56 bits per heavy atom. The minimum atomic E-state index is -4.40. The third-order valence-corrected chi connectivity index (χ3v) is 4.74. The molecule has 0 aliphatic heterocycles. The zero-order chi connectivity index (χ0) is 17.4. The molecule has 0 fully saturated rings. The predicted molar refractivity (Wildman–Crippen MR) is 108 cm³/mol. The van der Waals surface area contributed by atoms with Gasteiger partial charge in [-0.3, -0.25) is 4.99 Å². The van der Waals surface area contributed by atoms with Crippen molar-refractivity contribution in [1.29, 1.82) is 0 Å². The molecule has 2 rings (SSSR count). The van der Waals surface area contributed by atoms with Gasteiger partial charge in [0, 0.05) is 29.6 Å². The van der Waals surface area contributed by atoms with Crippen LogP contribution in [0.15, 0.2) is 45.6 Å². The summed E-state index contributed by atoms with van der Waals surface area (Å²) in [6.45, 7) is 0.886. The molecule has 25 heavy (non-hydrogen) atoms. The first-order valence-electron chi connectivity index (χ1n) is 7.13. The van der Waals surface area contributed by atoms with Crippen molar-refractivity contribution in [2.75, 3.05) is 19.3 Å². The lowest BCUT2D eigenvalue weighted by Gasteiger charge is -2.10. The molecule has 2 N–H and O–H groups in total. The molecule has 0 amide bonds. The van der Waals surface area contributed by atoms with E-state index >= 15 is 0 Å². The number of aromatic nitrogens is 1. The molecule has 0 atom stereocenters. The minimum Gasteiger partial charge on any atom is -0.356 e. The number of halogens is 4. The van der Waals surface area contributed by atoms with Gasteiger partial charge in [0.05, 0.1) is 6.54 Å². The van der Waals surface area contributed by atoms with Crippen molar-refractivity contribution in [1.82, 2.24) is 15.6 Å². The van der Waals surface area contributed by atoms with Gasteiger partial charge in [-0.2, -0.15) is 13.2 Å². The van der Waals surface area contributed by atoms with Crippen molar-refractivity contribution in [2.24, 2.45) is 4.99 Å². The van der Waals surface area contributed by atoms with E-state index in [1.54, 1.807) is 18.8 Å². The predicted octanol–water partition coefficient (Wildman–Crippen LogP) is 4.24. The summed E-state index contributed by atoms with van der Waals surface area (Å²) in [6.07, 6.45) is -4.40. The second kappa shape index (κ2) is 10.9. The molecule has 0 bridgehead atoms. The van der Waals surface area contributed by atoms with Crippen LogP contribution in [0.4, 0.5) is 13.2 Å². The van der Waals surface area contributed by atoms with Gasteiger partial charge in [0.25, 0.3) is 0 Å². The van der Waals surface area contributed by atoms with Crippen LogP contribution in [0.2, 0.25) is 0 Å². The Hall–Kier alpha value is -1.01. The van der Waals surface area contributed by atoms with Crippen molar-refractivity contribution in [3.05, 3.63) is 46.4 Å². The standard InChI is InChI=1S/C15H17F3N4S2.HI/c1-19-14(20-7-8-23-11-5-3-2-4-6-11)21-9-13-22-12(10-24-13)15(16,17)18;/h2-6,10H,7-9H2,1H3,(H2,19,20,21);1H. The van der Waals surface area contributed by atoms with Gasteiger partial charge in [-0.25, -0.2) is 4.98 Å². The van der Waals surface area contributed by atoms with Gasteiger partial charge in [-0.1, -0.05) is 18.2 Å². The summed E-state index contributed by atoms with van der Waals surface area (Å²) in [5.74, 6) is 1.38. The zero-order valence-electron chi connectivity index (χ0n) is 13.3. The summed E-state index contributed by atoms with van der Waals surface area (Å²) in [7, 11) is 1.61. The maximum atomic E-state index is 12.5. The molecule has 4 nitrogen and oxygen atoms in total. The Kier molecular flexibility index (Phi) is 9.57. The number of alkyl halides is 3. The number of rotatable bonds is 6. The number of hydrogen-bond donors (Lipinski definition) is 2. The van der Waals surface area contributed by atoms with E-state index in [1.165, 1.54) is 4.90 Å². The molecule has 0 saturated heterocycles. The highest BCUT2D eigenvalue weighted by Crippen LogP contribution is 2.29. The second-order valence-electron chi connectivity index (χ2n) is 4.64. The first kappa shape index (κ1) is 22.0. The van der Waals surface area contributed by atoms with Gasteiger partial charge >= 0.3 is 6.18 Å². The first-order valence-corrected chi connectivity index (χ1v) is 8.99. The van der Waals surface area contributed by atoms with Gasteiger partial charge in [-0.15, -0.1) is 47.1 Å². The number of guanidine groups is 1. The molecule has 2 aromatic rings. The largest absolute Gasteiger partial charge is 0.434 e. The van der Waals surface area contributed by atoms with Crippen LogP contribution in [0, 0.1) is 0 Å². The van der Waals surface area contributed by atoms with Crippen molar-refractivity contribution in [3.63, 3.8) is 0 Å². The topological polar surface area (TPSA) is 49.3 Å². The zero-order valence-corrected chi connectivity index (χ0v) is 17.3. The van der Waals surface area contributed by atoms with E-state index in [2.05, 4.69) is 20.6 Å². The van der Waals surface area contributed by atoms with E-state index in [4.69, 9.17) is 0 Å². The van der Waals surface area contributed by atoms with Gasteiger partial charge in [-0.05, 0) is 12.1 Å². The maximum absolute atomic E-state index is 12.5. The molecule has 10 heteroatoms. The Labute approximate surface area is 169 Å². The third kappa shape index (κ3) is 7.82. The molecule has 0 unspecified atom stereocenters. The highest BCUT2D eigenvalue weighted by molar-refractivity contribution is 14.0. The summed E-state index contributed by atoms with van der Waals surface area (Å²) in [4.78, 5) is 8.80. The lowest BCUT2D eigenvalue weighted by Crippen LogP contribution is -2.37. The average Bonchev–Trinajstić information content (AvgIpc) is 3.04. The van der Waals surface area contributed by atoms with E-state index in [0.717, 1.165) is 22.5 Å². The van der Waals surface area contributed by atoms with Crippen LogP contribution >= 0.6 is 47.1 Å². The fourth-order valence-electron chi connectivity index (χ4n) is 1.76. The van der Waals surface area contributed by atoms with Crippen molar-refractivity contribution in [2.45, 2.75) is 17.6 Å². The molecule has 138 valence electrons. The quantitative estimate of drug-likeness (QED) is 0.204. The molecule has 1 aromatic heterocycles. The molecule has 0 aliphatic rings. The van der Waals surface area contributed by atoms with Crippen LogP contribution in [-0.4, -0.2) is 30.3 Å². The number of thioether (sulfide) groups is 1. The van der Waals surface area contributed by atoms with Crippen LogP contribution < -0.4 is 10.6 Å². The Morgan fingerprint density at radius 1 is 1.24 bits per heavy atom. The van der Waals surface area contributed by atoms with E-state index in [-0.39, 0.29) is 30.5 Å². The summed E-state index contributed by atoms with van der Waals surface area (Å²) in [6, 6.07) is 10.0. The lowest BCUT2D eigenvalue weighted by molar-refractivity contribution is -0.140. The van der Waals surface area contributed by atoms with Crippen LogP contribution in [0.5, 0.6) is 0 Å². The molecule has 0 aliphatic carbocycles. The average molecular weight is 502 g/mol. The SMILES string of the molecule is CN=C(NCCSc1ccccc1)NCc1nc(C(F)(F)F)cs1.I. The molecule has 1 heterocycles. The van der Waals surface area contributed by atoms with Crippen LogP contribution in [0.25, 0.3) is 0 Å². The monoisotopic (exact) mass is 502 g/mol. The first-order chi connectivity index (χ1) is 11.5. The Balaban J connectivity index is 0.00000312. The third-order valence-electron chi connectivity index (χ3n) is 2.88. The fourth-order valence-corrected chi connectivity index (χ4v) is 3.29. The smallest absolute Gasteiger partial charge is 0.356 e. The van der Waals surface area contributed by atoms with Crippen LogP contribution in [0.3, 0.4) is 0 Å². The van der Waals surface area contributed by atoms with E-state index in [0.29, 0.717) is 17.5 Å². The molecule has 0 radical (unpaired) electrons. The minimum absolute atomic E-state index is 0. The Bertz CT molecular complexity index is 662. The molecular weight excluding hydrogens is 484 g/mol. The number of nitrogens with zero attached hydrogens (tertiary/aromatic N) is 2. The summed E-state index contributed by atoms with van der Waals surface area (Å²) < 4.78 is 37.5. The summed E-state index contributed by atoms with van der Waals surface area (Å²) >= 11 is 2.69. The number of nitrogens with one attached hydrogen (secondary N) is 2. The van der Waals surface area contributed by atoms with E-state index in [9.17, 15) is 13.2 Å². The van der Waals surface area contributed by atoms with Gasteiger partial charge < -0.3 is 10.6 Å². The number of hydrogen-bond acceptors (Lipinski definition) is 4. The fraction of sp³-hybridized carbons (Fsp3) is 0.333. The van der Waals surface area contributed by atoms with Gasteiger partial charge in [0.1, 0.15) is 5.01 Å². The molecule has 0 saturated carbocycles. The number of thiazole rings is 1. The normalized spacial score (nSPS) is 11.8. The van der Waals surface area contributed by atoms with E-state index in [1.807, 2.05) is 30.3 Å². The van der Waals surface area contributed by atoms with Gasteiger partial charge in [0.2, 0.25) is 0 Å². The van der Waals surface area contributed by atoms with E-state index < -0.39 is 11.9 Å². The molecule has 0 spiro atoms. The highest BCUT2D eigenvalue weighted by atomic mass is 127. The van der Waals surface area contributed by atoms with Crippen LogP contribution in [-0.2, 0) is 12.7 Å². The maximum Gasteiger partial charge on any atom is 0.434 e. The molecule has 1 aromatic carbocycles. The number of benzene rings is 1. The summed E-state index contributed by atoms with van der Waals surface area (Å²) in [5.41, 5.74) is -0.855. The molecular formula is C15H18F3IN4S2. The highest BCUT2D eigenvalue weighted by Gasteiger charge is 2.33. The van der Waals surface area contributed by atoms with Crippen molar-refractivity contribution in [3.8, 4) is 0 Å². The second-order valence-corrected chi connectivity index (χ2v) is 6.75. The van der Waals surface area contributed by atoms with Gasteiger partial charge in [0.15, 0.2) is 11.7 Å².